The van der Waals surface area contributed by atoms with Crippen LogP contribution in [-0.2, 0) is 9.59 Å². The maximum absolute atomic E-state index is 12.8. The fourth-order valence-corrected chi connectivity index (χ4v) is 2.85. The van der Waals surface area contributed by atoms with Crippen molar-refractivity contribution in [2.45, 2.75) is 41.5 Å². The van der Waals surface area contributed by atoms with E-state index < -0.39 is 40.3 Å². The lowest BCUT2D eigenvalue weighted by atomic mass is 9.97. The molecule has 0 atom stereocenters. The van der Waals surface area contributed by atoms with Crippen LogP contribution in [0.25, 0.3) is 21.8 Å². The van der Waals surface area contributed by atoms with Gasteiger partial charge in [0.25, 0.3) is 11.8 Å². The molecule has 2 aromatic heterocycles. The van der Waals surface area contributed by atoms with Gasteiger partial charge in [0.15, 0.2) is 11.4 Å². The Kier molecular flexibility index (Phi) is 6.04. The first-order chi connectivity index (χ1) is 15.6. The highest BCUT2D eigenvalue weighted by Gasteiger charge is 2.33. The number of carbonyl (C=O) groups excluding carboxylic acids is 4. The molecule has 0 aliphatic rings. The van der Waals surface area contributed by atoms with E-state index in [2.05, 4.69) is 9.97 Å². The van der Waals surface area contributed by atoms with Crippen LogP contribution in [0.4, 0.5) is 0 Å². The second kappa shape index (κ2) is 8.36. The third kappa shape index (κ3) is 4.66. The van der Waals surface area contributed by atoms with E-state index in [1.54, 1.807) is 59.7 Å². The van der Waals surface area contributed by atoms with Gasteiger partial charge in [-0.25, -0.2) is 9.97 Å². The normalized spacial score (nSPS) is 11.9. The summed E-state index contributed by atoms with van der Waals surface area (Å²) in [6, 6.07) is 6.30. The van der Waals surface area contributed by atoms with Crippen LogP contribution in [-0.4, -0.2) is 33.7 Å². The number of hydrogen-bond donors (Lipinski definition) is 2. The number of nitrogens with zero attached hydrogens (tertiary/aromatic N) is 2. The molecule has 0 unspecified atom stereocenters. The van der Waals surface area contributed by atoms with Crippen molar-refractivity contribution in [1.29, 1.82) is 0 Å². The van der Waals surface area contributed by atoms with Gasteiger partial charge in [-0.15, -0.1) is 0 Å². The molecule has 178 valence electrons. The minimum atomic E-state index is -1.02. The summed E-state index contributed by atoms with van der Waals surface area (Å²) < 4.78 is 11.2. The number of pyridine rings is 2. The van der Waals surface area contributed by atoms with Crippen molar-refractivity contribution in [3.63, 3.8) is 0 Å². The van der Waals surface area contributed by atoms with Crippen molar-refractivity contribution in [3.8, 4) is 11.5 Å². The van der Waals surface area contributed by atoms with E-state index in [1.807, 2.05) is 0 Å². The number of nitrogens with two attached hydrogens (primary N) is 2. The zero-order chi connectivity index (χ0) is 25.6. The fraction of sp³-hybridized carbons (Fsp3) is 0.333. The van der Waals surface area contributed by atoms with Gasteiger partial charge in [0, 0.05) is 10.8 Å². The van der Waals surface area contributed by atoms with Crippen LogP contribution >= 0.6 is 0 Å². The zero-order valence-corrected chi connectivity index (χ0v) is 19.8. The lowest BCUT2D eigenvalue weighted by Crippen LogP contribution is -2.29. The largest absolute Gasteiger partial charge is 0.421 e. The molecule has 0 aliphatic carbocycles. The molecule has 2 amide bonds. The third-order valence-corrected chi connectivity index (χ3v) is 4.83. The minimum Gasteiger partial charge on any atom is -0.421 e. The van der Waals surface area contributed by atoms with Crippen molar-refractivity contribution in [2.75, 3.05) is 0 Å². The van der Waals surface area contributed by atoms with E-state index in [0.29, 0.717) is 5.39 Å². The molecule has 34 heavy (non-hydrogen) atoms. The van der Waals surface area contributed by atoms with E-state index in [0.717, 1.165) is 0 Å². The Morgan fingerprint density at radius 3 is 1.74 bits per heavy atom. The molecule has 0 saturated carbocycles. The molecular weight excluding hydrogens is 440 g/mol. The van der Waals surface area contributed by atoms with Crippen LogP contribution in [0.1, 0.15) is 62.5 Å². The van der Waals surface area contributed by atoms with Gasteiger partial charge >= 0.3 is 11.9 Å². The second-order valence-electron chi connectivity index (χ2n) is 9.86. The highest BCUT2D eigenvalue weighted by molar-refractivity contribution is 6.10. The molecule has 0 spiro atoms. The summed E-state index contributed by atoms with van der Waals surface area (Å²) in [7, 11) is 0. The monoisotopic (exact) mass is 466 g/mol. The van der Waals surface area contributed by atoms with Crippen LogP contribution in [0.15, 0.2) is 24.3 Å². The standard InChI is InChI=1S/C24H26N4O6/c1-23(2,3)21(31)33-17-12-9-7-11-8-10-13(19(25)29)27-14(11)15(12)28-16(20(26)30)18(17)34-22(32)24(4,5)6/h7-10H,1-6H3,(H2,25,29)(H2,26,30). The molecule has 3 aromatic rings. The van der Waals surface area contributed by atoms with Crippen molar-refractivity contribution in [2.24, 2.45) is 22.3 Å². The van der Waals surface area contributed by atoms with Gasteiger partial charge in [0.2, 0.25) is 5.75 Å². The first-order valence-corrected chi connectivity index (χ1v) is 10.4. The predicted octanol–water partition coefficient (Wildman–Crippen LogP) is 2.88. The number of fused-ring (bicyclic) bond motifs is 3. The number of benzene rings is 1. The third-order valence-electron chi connectivity index (χ3n) is 4.83. The van der Waals surface area contributed by atoms with E-state index in [1.165, 1.54) is 6.07 Å². The van der Waals surface area contributed by atoms with Crippen LogP contribution in [0.2, 0.25) is 0 Å². The second-order valence-corrected chi connectivity index (χ2v) is 9.86. The van der Waals surface area contributed by atoms with Gasteiger partial charge in [0.05, 0.1) is 16.3 Å². The van der Waals surface area contributed by atoms with E-state index in [-0.39, 0.29) is 33.6 Å². The molecule has 10 nitrogen and oxygen atoms in total. The number of carbonyl (C=O) groups is 4. The van der Waals surface area contributed by atoms with Gasteiger partial charge in [0.1, 0.15) is 11.2 Å². The quantitative estimate of drug-likeness (QED) is 0.437. The van der Waals surface area contributed by atoms with Crippen molar-refractivity contribution < 1.29 is 28.7 Å². The number of esters is 2. The number of primary amides is 2. The van der Waals surface area contributed by atoms with Crippen LogP contribution < -0.4 is 20.9 Å². The van der Waals surface area contributed by atoms with Crippen molar-refractivity contribution >= 4 is 45.6 Å². The summed E-state index contributed by atoms with van der Waals surface area (Å²) in [6.07, 6.45) is 0. The first kappa shape index (κ1) is 24.6. The molecule has 1 aromatic carbocycles. The van der Waals surface area contributed by atoms with Gasteiger partial charge < -0.3 is 20.9 Å². The highest BCUT2D eigenvalue weighted by Crippen LogP contribution is 2.41. The van der Waals surface area contributed by atoms with E-state index in [4.69, 9.17) is 20.9 Å². The topological polar surface area (TPSA) is 165 Å². The minimum absolute atomic E-state index is 0.0288. The number of hydrogen-bond acceptors (Lipinski definition) is 8. The first-order valence-electron chi connectivity index (χ1n) is 10.4. The molecule has 0 aliphatic heterocycles. The lowest BCUT2D eigenvalue weighted by Gasteiger charge is -2.22. The van der Waals surface area contributed by atoms with Crippen molar-refractivity contribution in [1.82, 2.24) is 9.97 Å². The molecule has 10 heteroatoms. The molecule has 4 N–H and O–H groups in total. The SMILES string of the molecule is CC(C)(C)C(=O)Oc1c(C(N)=O)nc2c(ccc3ccc(C(N)=O)nc32)c1OC(=O)C(C)(C)C. The Morgan fingerprint density at radius 2 is 1.24 bits per heavy atom. The summed E-state index contributed by atoms with van der Waals surface area (Å²) >= 11 is 0. The molecule has 3 rings (SSSR count). The average molecular weight is 466 g/mol. The molecule has 2 heterocycles. The van der Waals surface area contributed by atoms with Gasteiger partial charge in [-0.3, -0.25) is 19.2 Å². The molecule has 0 fully saturated rings. The summed E-state index contributed by atoms with van der Waals surface area (Å²) in [5.41, 5.74) is 8.94. The maximum atomic E-state index is 12.8. The van der Waals surface area contributed by atoms with Crippen LogP contribution in [0, 0.1) is 10.8 Å². The Hall–Kier alpha value is -4.08. The highest BCUT2D eigenvalue weighted by atomic mass is 16.6. The number of ether oxygens (including phenoxy) is 2. The van der Waals surface area contributed by atoms with E-state index >= 15 is 0 Å². The molecular formula is C24H26N4O6. The van der Waals surface area contributed by atoms with Gasteiger partial charge in [-0.2, -0.15) is 0 Å². The Labute approximate surface area is 195 Å². The Bertz CT molecular complexity index is 1370. The zero-order valence-electron chi connectivity index (χ0n) is 19.8. The number of rotatable bonds is 4. The van der Waals surface area contributed by atoms with Gasteiger partial charge in [-0.1, -0.05) is 12.1 Å². The van der Waals surface area contributed by atoms with E-state index in [9.17, 15) is 19.2 Å². The summed E-state index contributed by atoms with van der Waals surface area (Å²) in [5.74, 6) is -3.70. The Balaban J connectivity index is 2.45. The van der Waals surface area contributed by atoms with Gasteiger partial charge in [-0.05, 0) is 53.7 Å². The molecule has 0 bridgehead atoms. The summed E-state index contributed by atoms with van der Waals surface area (Å²) in [4.78, 5) is 58.2. The number of amides is 2. The Morgan fingerprint density at radius 1 is 0.706 bits per heavy atom. The summed E-state index contributed by atoms with van der Waals surface area (Å²) in [6.45, 7) is 9.80. The van der Waals surface area contributed by atoms with Crippen LogP contribution in [0.5, 0.6) is 11.5 Å². The summed E-state index contributed by atoms with van der Waals surface area (Å²) in [5, 5.41) is 0.800. The molecule has 0 saturated heterocycles. The molecule has 0 radical (unpaired) electrons. The smallest absolute Gasteiger partial charge is 0.316 e. The van der Waals surface area contributed by atoms with Crippen LogP contribution in [0.3, 0.4) is 0 Å². The predicted molar refractivity (Wildman–Crippen MR) is 124 cm³/mol. The lowest BCUT2D eigenvalue weighted by molar-refractivity contribution is -0.145. The maximum Gasteiger partial charge on any atom is 0.316 e. The van der Waals surface area contributed by atoms with Crippen molar-refractivity contribution in [3.05, 3.63) is 35.7 Å². The number of aromatic nitrogens is 2. The fourth-order valence-electron chi connectivity index (χ4n) is 2.85. The average Bonchev–Trinajstić information content (AvgIpc) is 2.72.